The van der Waals surface area contributed by atoms with Gasteiger partial charge in [-0.25, -0.2) is 4.90 Å². The molecule has 0 saturated carbocycles. The van der Waals surface area contributed by atoms with Crippen molar-refractivity contribution in [3.63, 3.8) is 0 Å². The van der Waals surface area contributed by atoms with Gasteiger partial charge in [-0.1, -0.05) is 23.7 Å². The lowest BCUT2D eigenvalue weighted by molar-refractivity contribution is -0.137. The van der Waals surface area contributed by atoms with Gasteiger partial charge in [0, 0.05) is 5.02 Å². The van der Waals surface area contributed by atoms with Gasteiger partial charge in [-0.3, -0.25) is 9.59 Å². The summed E-state index contributed by atoms with van der Waals surface area (Å²) in [5.74, 6) is -2.61. The summed E-state index contributed by atoms with van der Waals surface area (Å²) in [7, 11) is 0. The van der Waals surface area contributed by atoms with Gasteiger partial charge in [0.05, 0.1) is 16.8 Å². The van der Waals surface area contributed by atoms with Crippen LogP contribution in [0.5, 0.6) is 0 Å². The second kappa shape index (κ2) is 5.93. The van der Waals surface area contributed by atoms with E-state index in [0.717, 1.165) is 24.3 Å². The van der Waals surface area contributed by atoms with Crippen molar-refractivity contribution in [1.29, 1.82) is 0 Å². The Balaban J connectivity index is 1.97. The molecule has 1 aliphatic rings. The van der Waals surface area contributed by atoms with Gasteiger partial charge in [0.2, 0.25) is 0 Å². The van der Waals surface area contributed by atoms with Crippen LogP contribution >= 0.6 is 11.6 Å². The number of hydrogen-bond donors (Lipinski definition) is 1. The predicted octanol–water partition coefficient (Wildman–Crippen LogP) is 4.20. The molecule has 2 aromatic rings. The molecule has 0 radical (unpaired) electrons. The van der Waals surface area contributed by atoms with Crippen molar-refractivity contribution in [2.24, 2.45) is 0 Å². The van der Waals surface area contributed by atoms with Crippen molar-refractivity contribution in [2.75, 3.05) is 4.90 Å². The van der Waals surface area contributed by atoms with Gasteiger partial charge in [-0.05, 0) is 42.0 Å². The summed E-state index contributed by atoms with van der Waals surface area (Å²) in [5.41, 5.74) is -0.944. The molecule has 2 aromatic carbocycles. The van der Waals surface area contributed by atoms with E-state index >= 15 is 0 Å². The van der Waals surface area contributed by atoms with Gasteiger partial charge in [0.25, 0.3) is 5.91 Å². The minimum absolute atomic E-state index is 0.0708. The number of benzene rings is 2. The quantitative estimate of drug-likeness (QED) is 0.809. The molecule has 1 aliphatic heterocycles. The number of carbonyl (C=O) groups is 2. The SMILES string of the molecule is O=C1C(O)=C(c2ccc(Cl)cc2)C(=O)N1c1ccc(C(F)(F)F)cc1. The molecular weight excluding hydrogens is 359 g/mol. The van der Waals surface area contributed by atoms with Crippen LogP contribution in [0.15, 0.2) is 54.3 Å². The summed E-state index contributed by atoms with van der Waals surface area (Å²) in [4.78, 5) is 25.3. The average Bonchev–Trinajstić information content (AvgIpc) is 2.78. The van der Waals surface area contributed by atoms with E-state index in [4.69, 9.17) is 11.6 Å². The lowest BCUT2D eigenvalue weighted by atomic mass is 10.1. The lowest BCUT2D eigenvalue weighted by Crippen LogP contribution is -2.31. The van der Waals surface area contributed by atoms with Crippen LogP contribution < -0.4 is 4.90 Å². The van der Waals surface area contributed by atoms with E-state index in [1.807, 2.05) is 0 Å². The van der Waals surface area contributed by atoms with E-state index in [2.05, 4.69) is 0 Å². The Bertz CT molecular complexity index is 887. The first-order valence-electron chi connectivity index (χ1n) is 6.95. The fourth-order valence-corrected chi connectivity index (χ4v) is 2.55. The third-order valence-corrected chi connectivity index (χ3v) is 3.90. The summed E-state index contributed by atoms with van der Waals surface area (Å²) >= 11 is 5.76. The zero-order chi connectivity index (χ0) is 18.4. The molecule has 2 amide bonds. The molecule has 25 heavy (non-hydrogen) atoms. The second-order valence-corrected chi connectivity index (χ2v) is 5.66. The Hall–Kier alpha value is -2.80. The summed E-state index contributed by atoms with van der Waals surface area (Å²) in [5, 5.41) is 10.4. The highest BCUT2D eigenvalue weighted by Crippen LogP contribution is 2.34. The zero-order valence-electron chi connectivity index (χ0n) is 12.3. The smallest absolute Gasteiger partial charge is 0.416 e. The first kappa shape index (κ1) is 17.0. The molecule has 3 rings (SSSR count). The molecule has 0 spiro atoms. The summed E-state index contributed by atoms with van der Waals surface area (Å²) in [6, 6.07) is 9.38. The third kappa shape index (κ3) is 2.98. The first-order valence-corrected chi connectivity index (χ1v) is 7.33. The number of amides is 2. The van der Waals surface area contributed by atoms with Crippen molar-refractivity contribution in [3.05, 3.63) is 70.4 Å². The fraction of sp³-hybridized carbons (Fsp3) is 0.0588. The average molecular weight is 368 g/mol. The Morgan fingerprint density at radius 2 is 1.44 bits per heavy atom. The van der Waals surface area contributed by atoms with Crippen LogP contribution in [0.25, 0.3) is 5.57 Å². The second-order valence-electron chi connectivity index (χ2n) is 5.22. The highest BCUT2D eigenvalue weighted by atomic mass is 35.5. The largest absolute Gasteiger partial charge is 0.502 e. The number of hydrogen-bond acceptors (Lipinski definition) is 3. The molecule has 0 aromatic heterocycles. The van der Waals surface area contributed by atoms with Crippen LogP contribution in [0.4, 0.5) is 18.9 Å². The van der Waals surface area contributed by atoms with Gasteiger partial charge in [-0.2, -0.15) is 13.2 Å². The molecule has 0 atom stereocenters. The standard InChI is InChI=1S/C17H9ClF3NO3/c18-11-5-1-9(2-6-11)13-14(23)16(25)22(15(13)24)12-7-3-10(4-8-12)17(19,20)21/h1-8,23H. The van der Waals surface area contributed by atoms with Gasteiger partial charge in [0.15, 0.2) is 5.76 Å². The monoisotopic (exact) mass is 367 g/mol. The minimum Gasteiger partial charge on any atom is -0.502 e. The minimum atomic E-state index is -4.54. The van der Waals surface area contributed by atoms with Crippen LogP contribution in [0.2, 0.25) is 5.02 Å². The normalized spacial score (nSPS) is 15.3. The number of nitrogens with zero attached hydrogens (tertiary/aromatic N) is 1. The molecule has 0 unspecified atom stereocenters. The van der Waals surface area contributed by atoms with Crippen molar-refractivity contribution in [3.8, 4) is 0 Å². The highest BCUT2D eigenvalue weighted by Gasteiger charge is 2.40. The number of carbonyl (C=O) groups excluding carboxylic acids is 2. The molecule has 0 saturated heterocycles. The molecule has 4 nitrogen and oxygen atoms in total. The molecule has 8 heteroatoms. The Morgan fingerprint density at radius 1 is 0.880 bits per heavy atom. The molecule has 128 valence electrons. The van der Waals surface area contributed by atoms with Crippen LogP contribution in [-0.2, 0) is 15.8 Å². The molecule has 0 fully saturated rings. The Labute approximate surface area is 144 Å². The van der Waals surface area contributed by atoms with Crippen molar-refractivity contribution >= 4 is 34.7 Å². The molecule has 0 aliphatic carbocycles. The van der Waals surface area contributed by atoms with Gasteiger partial charge in [0.1, 0.15) is 0 Å². The molecule has 1 heterocycles. The van der Waals surface area contributed by atoms with E-state index < -0.39 is 29.3 Å². The van der Waals surface area contributed by atoms with Crippen molar-refractivity contribution in [2.45, 2.75) is 6.18 Å². The maximum atomic E-state index is 12.6. The number of imide groups is 1. The van der Waals surface area contributed by atoms with Gasteiger partial charge in [-0.15, -0.1) is 0 Å². The Kier molecular flexibility index (Phi) is 4.04. The summed E-state index contributed by atoms with van der Waals surface area (Å²) in [6.45, 7) is 0. The number of alkyl halides is 3. The van der Waals surface area contributed by atoms with E-state index in [0.29, 0.717) is 9.92 Å². The van der Waals surface area contributed by atoms with Crippen LogP contribution in [0.1, 0.15) is 11.1 Å². The number of aliphatic hydroxyl groups is 1. The van der Waals surface area contributed by atoms with E-state index in [9.17, 15) is 27.9 Å². The number of aliphatic hydroxyl groups excluding tert-OH is 1. The van der Waals surface area contributed by atoms with E-state index in [1.54, 1.807) is 0 Å². The number of halogens is 4. The lowest BCUT2D eigenvalue weighted by Gasteiger charge is -2.15. The predicted molar refractivity (Wildman–Crippen MR) is 84.9 cm³/mol. The maximum Gasteiger partial charge on any atom is 0.416 e. The zero-order valence-corrected chi connectivity index (χ0v) is 13.1. The van der Waals surface area contributed by atoms with Gasteiger partial charge >= 0.3 is 12.1 Å². The van der Waals surface area contributed by atoms with Crippen LogP contribution in [0.3, 0.4) is 0 Å². The summed E-state index contributed by atoms with van der Waals surface area (Å²) in [6.07, 6.45) is -4.54. The fourth-order valence-electron chi connectivity index (χ4n) is 2.43. The van der Waals surface area contributed by atoms with Crippen LogP contribution in [-0.4, -0.2) is 16.9 Å². The van der Waals surface area contributed by atoms with Gasteiger partial charge < -0.3 is 5.11 Å². The van der Waals surface area contributed by atoms with Crippen molar-refractivity contribution in [1.82, 2.24) is 0 Å². The highest BCUT2D eigenvalue weighted by molar-refractivity contribution is 6.45. The van der Waals surface area contributed by atoms with Crippen molar-refractivity contribution < 1.29 is 27.9 Å². The molecular formula is C17H9ClF3NO3. The topological polar surface area (TPSA) is 57.6 Å². The van der Waals surface area contributed by atoms with Crippen LogP contribution in [0, 0.1) is 0 Å². The molecule has 0 bridgehead atoms. The maximum absolute atomic E-state index is 12.6. The Morgan fingerprint density at radius 3 is 1.96 bits per heavy atom. The van der Waals surface area contributed by atoms with E-state index in [1.165, 1.54) is 24.3 Å². The number of anilines is 1. The van der Waals surface area contributed by atoms with E-state index in [-0.39, 0.29) is 16.8 Å². The molecule has 1 N–H and O–H groups in total. The first-order chi connectivity index (χ1) is 11.7. The number of rotatable bonds is 2. The summed E-state index contributed by atoms with van der Waals surface area (Å²) < 4.78 is 37.9. The third-order valence-electron chi connectivity index (χ3n) is 3.65.